The third-order valence-corrected chi connectivity index (χ3v) is 5.67. The van der Waals surface area contributed by atoms with Gasteiger partial charge in [-0.15, -0.1) is 0 Å². The molecule has 2 N–H and O–H groups in total. The van der Waals surface area contributed by atoms with Gasteiger partial charge >= 0.3 is 0 Å². The van der Waals surface area contributed by atoms with E-state index in [9.17, 15) is 18.0 Å². The average Bonchev–Trinajstić information content (AvgIpc) is 2.56. The van der Waals surface area contributed by atoms with Crippen molar-refractivity contribution in [3.63, 3.8) is 0 Å². The maximum absolute atomic E-state index is 12.4. The molecule has 1 aliphatic rings. The molecular weight excluding hydrogens is 342 g/mol. The van der Waals surface area contributed by atoms with Crippen LogP contribution < -0.4 is 10.0 Å². The minimum absolute atomic E-state index is 0.00351. The summed E-state index contributed by atoms with van der Waals surface area (Å²) in [5.74, 6) is -0.0922. The van der Waals surface area contributed by atoms with Crippen LogP contribution >= 0.6 is 0 Å². The van der Waals surface area contributed by atoms with E-state index in [2.05, 4.69) is 10.0 Å². The molecule has 0 atom stereocenters. The number of nitrogens with zero attached hydrogens (tertiary/aromatic N) is 1. The highest BCUT2D eigenvalue weighted by Crippen LogP contribution is 2.22. The molecule has 2 rings (SSSR count). The molecule has 1 aromatic carbocycles. The Bertz CT molecular complexity index is 746. The number of sulfonamides is 1. The fourth-order valence-electron chi connectivity index (χ4n) is 2.77. The number of carbonyl (C=O) groups excluding carboxylic acids is 2. The van der Waals surface area contributed by atoms with Crippen LogP contribution in [0.15, 0.2) is 23.1 Å². The second-order valence-electron chi connectivity index (χ2n) is 6.21. The molecule has 0 fully saturated rings. The van der Waals surface area contributed by atoms with Crippen molar-refractivity contribution in [2.75, 3.05) is 19.6 Å². The number of rotatable bonds is 7. The topological polar surface area (TPSA) is 95.6 Å². The first-order chi connectivity index (χ1) is 11.8. The van der Waals surface area contributed by atoms with Crippen LogP contribution in [0.3, 0.4) is 0 Å². The van der Waals surface area contributed by atoms with Crippen molar-refractivity contribution in [3.05, 3.63) is 29.3 Å². The lowest BCUT2D eigenvalue weighted by Crippen LogP contribution is -2.34. The molecule has 138 valence electrons. The van der Waals surface area contributed by atoms with E-state index in [-0.39, 0.29) is 16.7 Å². The van der Waals surface area contributed by atoms with Crippen LogP contribution in [0.1, 0.15) is 37.8 Å². The summed E-state index contributed by atoms with van der Waals surface area (Å²) in [5, 5.41) is 2.67. The molecule has 0 aromatic heterocycles. The van der Waals surface area contributed by atoms with E-state index < -0.39 is 10.0 Å². The number of hydrogen-bond donors (Lipinski definition) is 2. The third-order valence-electron chi connectivity index (χ3n) is 4.22. The number of hydrogen-bond acceptors (Lipinski definition) is 4. The Morgan fingerprint density at radius 3 is 2.52 bits per heavy atom. The maximum atomic E-state index is 12.4. The van der Waals surface area contributed by atoms with Gasteiger partial charge in [-0.2, -0.15) is 0 Å². The van der Waals surface area contributed by atoms with Gasteiger partial charge in [-0.3, -0.25) is 9.59 Å². The van der Waals surface area contributed by atoms with E-state index >= 15 is 0 Å². The van der Waals surface area contributed by atoms with Crippen LogP contribution in [0.5, 0.6) is 0 Å². The van der Waals surface area contributed by atoms with E-state index in [1.807, 2.05) is 6.07 Å². The number of amides is 2. The van der Waals surface area contributed by atoms with E-state index in [0.717, 1.165) is 17.5 Å². The largest absolute Gasteiger partial charge is 0.356 e. The van der Waals surface area contributed by atoms with Gasteiger partial charge in [0.25, 0.3) is 0 Å². The fourth-order valence-corrected chi connectivity index (χ4v) is 3.90. The number of carbonyl (C=O) groups is 2. The summed E-state index contributed by atoms with van der Waals surface area (Å²) in [6.45, 7) is 4.95. The normalized spacial score (nSPS) is 14.1. The van der Waals surface area contributed by atoms with E-state index in [0.29, 0.717) is 39.0 Å². The Hall–Kier alpha value is -1.93. The molecule has 0 saturated heterocycles. The lowest BCUT2D eigenvalue weighted by Gasteiger charge is -2.28. The zero-order valence-electron chi connectivity index (χ0n) is 14.7. The lowest BCUT2D eigenvalue weighted by atomic mass is 10.00. The Balaban J connectivity index is 1.95. The number of nitrogens with one attached hydrogen (secondary N) is 2. The van der Waals surface area contributed by atoms with Crippen molar-refractivity contribution in [2.45, 2.75) is 44.6 Å². The number of fused-ring (bicyclic) bond motifs is 1. The van der Waals surface area contributed by atoms with Crippen LogP contribution in [0.4, 0.5) is 0 Å². The molecule has 8 heteroatoms. The van der Waals surface area contributed by atoms with Gasteiger partial charge in [0.05, 0.1) is 4.90 Å². The highest BCUT2D eigenvalue weighted by Gasteiger charge is 2.21. The van der Waals surface area contributed by atoms with Crippen LogP contribution in [0, 0.1) is 0 Å². The van der Waals surface area contributed by atoms with Gasteiger partial charge in [0, 0.05) is 40.0 Å². The van der Waals surface area contributed by atoms with Gasteiger partial charge in [0.1, 0.15) is 0 Å². The zero-order valence-corrected chi connectivity index (χ0v) is 15.5. The van der Waals surface area contributed by atoms with Crippen molar-refractivity contribution < 1.29 is 18.0 Å². The predicted octanol–water partition coefficient (Wildman–Crippen LogP) is 0.786. The van der Waals surface area contributed by atoms with Crippen LogP contribution in [0.2, 0.25) is 0 Å². The average molecular weight is 367 g/mol. The Labute approximate surface area is 148 Å². The summed E-state index contributed by atoms with van der Waals surface area (Å²) < 4.78 is 27.4. The SMILES string of the molecule is CC(=O)NCCCCNS(=O)(=O)c1ccc2c(c1)CN(C(C)=O)CC2. The molecule has 1 aromatic rings. The number of unbranched alkanes of at least 4 members (excludes halogenated alkanes) is 1. The Morgan fingerprint density at radius 2 is 1.84 bits per heavy atom. The van der Waals surface area contributed by atoms with Gasteiger partial charge in [0.15, 0.2) is 0 Å². The number of benzene rings is 1. The summed E-state index contributed by atoms with van der Waals surface area (Å²) >= 11 is 0. The zero-order chi connectivity index (χ0) is 18.4. The molecular formula is C17H25N3O4S. The Morgan fingerprint density at radius 1 is 1.12 bits per heavy atom. The molecule has 2 amide bonds. The molecule has 0 aliphatic carbocycles. The summed E-state index contributed by atoms with van der Waals surface area (Å²) in [7, 11) is -3.58. The van der Waals surface area contributed by atoms with E-state index in [4.69, 9.17) is 0 Å². The minimum atomic E-state index is -3.58. The standard InChI is InChI=1S/C17H25N3O4S/c1-13(21)18-8-3-4-9-19-25(23,24)17-6-5-15-7-10-20(14(2)22)12-16(15)11-17/h5-6,11,19H,3-4,7-10,12H2,1-2H3,(H,18,21). The maximum Gasteiger partial charge on any atom is 0.240 e. The third kappa shape index (κ3) is 5.54. The minimum Gasteiger partial charge on any atom is -0.356 e. The summed E-state index contributed by atoms with van der Waals surface area (Å²) in [4.78, 5) is 24.2. The van der Waals surface area contributed by atoms with Gasteiger partial charge in [-0.25, -0.2) is 13.1 Å². The highest BCUT2D eigenvalue weighted by atomic mass is 32.2. The van der Waals surface area contributed by atoms with Crippen molar-refractivity contribution in [1.29, 1.82) is 0 Å². The summed E-state index contributed by atoms with van der Waals surface area (Å²) in [6, 6.07) is 5.10. The molecule has 0 bridgehead atoms. The van der Waals surface area contributed by atoms with Gasteiger partial charge < -0.3 is 10.2 Å². The molecule has 0 spiro atoms. The molecule has 1 heterocycles. The van der Waals surface area contributed by atoms with Crippen LogP contribution in [-0.4, -0.2) is 44.8 Å². The van der Waals surface area contributed by atoms with Crippen molar-refractivity contribution in [1.82, 2.24) is 14.9 Å². The van der Waals surface area contributed by atoms with E-state index in [1.165, 1.54) is 13.8 Å². The molecule has 0 radical (unpaired) electrons. The summed E-state index contributed by atoms with van der Waals surface area (Å²) in [5.41, 5.74) is 1.97. The molecule has 0 saturated carbocycles. The first-order valence-corrected chi connectivity index (χ1v) is 9.89. The Kier molecular flexibility index (Phi) is 6.55. The van der Waals surface area contributed by atoms with Crippen LogP contribution in [0.25, 0.3) is 0 Å². The second kappa shape index (κ2) is 8.44. The predicted molar refractivity (Wildman–Crippen MR) is 94.3 cm³/mol. The summed E-state index contributed by atoms with van der Waals surface area (Å²) in [6.07, 6.45) is 2.09. The van der Waals surface area contributed by atoms with Crippen molar-refractivity contribution in [3.8, 4) is 0 Å². The molecule has 1 aliphatic heterocycles. The first-order valence-electron chi connectivity index (χ1n) is 8.41. The lowest BCUT2D eigenvalue weighted by molar-refractivity contribution is -0.129. The van der Waals surface area contributed by atoms with Gasteiger partial charge in [-0.1, -0.05) is 6.07 Å². The smallest absolute Gasteiger partial charge is 0.240 e. The monoisotopic (exact) mass is 367 g/mol. The molecule has 25 heavy (non-hydrogen) atoms. The molecule has 7 nitrogen and oxygen atoms in total. The molecule has 0 unspecified atom stereocenters. The van der Waals surface area contributed by atoms with E-state index in [1.54, 1.807) is 17.0 Å². The first kappa shape index (κ1) is 19.4. The highest BCUT2D eigenvalue weighted by molar-refractivity contribution is 7.89. The fraction of sp³-hybridized carbons (Fsp3) is 0.529. The van der Waals surface area contributed by atoms with Gasteiger partial charge in [0.2, 0.25) is 21.8 Å². The quantitative estimate of drug-likeness (QED) is 0.697. The van der Waals surface area contributed by atoms with Crippen molar-refractivity contribution >= 4 is 21.8 Å². The van der Waals surface area contributed by atoms with Gasteiger partial charge in [-0.05, 0) is 42.5 Å². The second-order valence-corrected chi connectivity index (χ2v) is 7.98. The van der Waals surface area contributed by atoms with Crippen molar-refractivity contribution in [2.24, 2.45) is 0 Å². The van der Waals surface area contributed by atoms with Crippen LogP contribution in [-0.2, 0) is 32.6 Å².